The van der Waals surface area contributed by atoms with Crippen LogP contribution in [0, 0.1) is 13.8 Å². The molecule has 23 heavy (non-hydrogen) atoms. The first-order chi connectivity index (χ1) is 11.0. The van der Waals surface area contributed by atoms with E-state index >= 15 is 0 Å². The van der Waals surface area contributed by atoms with Crippen molar-refractivity contribution in [2.75, 3.05) is 13.1 Å². The van der Waals surface area contributed by atoms with E-state index < -0.39 is 0 Å². The molecule has 1 aromatic carbocycles. The SMILES string of the molecule is Cc1cc(C)cc(C(=O)NCC(=O)NCCc2ccccn2)c1. The minimum atomic E-state index is -0.239. The quantitative estimate of drug-likeness (QED) is 0.854. The summed E-state index contributed by atoms with van der Waals surface area (Å²) in [5, 5.41) is 5.40. The van der Waals surface area contributed by atoms with E-state index in [1.54, 1.807) is 18.3 Å². The molecule has 2 rings (SSSR count). The molecule has 0 saturated heterocycles. The molecule has 5 heteroatoms. The van der Waals surface area contributed by atoms with Crippen LogP contribution in [-0.4, -0.2) is 29.9 Å². The number of aryl methyl sites for hydroxylation is 2. The van der Waals surface area contributed by atoms with Gasteiger partial charge in [0.25, 0.3) is 5.91 Å². The van der Waals surface area contributed by atoms with E-state index in [0.29, 0.717) is 18.5 Å². The van der Waals surface area contributed by atoms with Gasteiger partial charge in [-0.2, -0.15) is 0 Å². The van der Waals surface area contributed by atoms with Crippen molar-refractivity contribution < 1.29 is 9.59 Å². The smallest absolute Gasteiger partial charge is 0.251 e. The third kappa shape index (κ3) is 5.54. The van der Waals surface area contributed by atoms with Crippen molar-refractivity contribution in [3.05, 3.63) is 65.0 Å². The van der Waals surface area contributed by atoms with Gasteiger partial charge in [0, 0.05) is 30.4 Å². The monoisotopic (exact) mass is 311 g/mol. The zero-order valence-electron chi connectivity index (χ0n) is 13.4. The van der Waals surface area contributed by atoms with Gasteiger partial charge in [0.05, 0.1) is 6.54 Å². The van der Waals surface area contributed by atoms with Gasteiger partial charge in [-0.15, -0.1) is 0 Å². The summed E-state index contributed by atoms with van der Waals surface area (Å²) in [6.45, 7) is 4.34. The van der Waals surface area contributed by atoms with Crippen molar-refractivity contribution in [3.63, 3.8) is 0 Å². The molecular weight excluding hydrogens is 290 g/mol. The van der Waals surface area contributed by atoms with Gasteiger partial charge in [-0.1, -0.05) is 23.3 Å². The fourth-order valence-corrected chi connectivity index (χ4v) is 2.31. The third-order valence-electron chi connectivity index (χ3n) is 3.32. The largest absolute Gasteiger partial charge is 0.354 e. The molecule has 2 aromatic rings. The second kappa shape index (κ2) is 8.08. The Bertz CT molecular complexity index is 664. The average Bonchev–Trinajstić information content (AvgIpc) is 2.52. The number of aromatic nitrogens is 1. The summed E-state index contributed by atoms with van der Waals surface area (Å²) in [6, 6.07) is 11.3. The molecule has 0 saturated carbocycles. The van der Waals surface area contributed by atoms with Gasteiger partial charge in [-0.3, -0.25) is 14.6 Å². The number of nitrogens with zero attached hydrogens (tertiary/aromatic N) is 1. The highest BCUT2D eigenvalue weighted by atomic mass is 16.2. The Labute approximate surface area is 136 Å². The first kappa shape index (κ1) is 16.7. The maximum absolute atomic E-state index is 12.0. The molecule has 0 fully saturated rings. The molecule has 1 aromatic heterocycles. The molecule has 0 unspecified atom stereocenters. The van der Waals surface area contributed by atoms with Crippen LogP contribution in [0.15, 0.2) is 42.6 Å². The summed E-state index contributed by atoms with van der Waals surface area (Å²) in [4.78, 5) is 28.0. The predicted octanol–water partition coefficient (Wildman–Crippen LogP) is 1.79. The first-order valence-corrected chi connectivity index (χ1v) is 7.57. The number of carbonyl (C=O) groups is 2. The van der Waals surface area contributed by atoms with Gasteiger partial charge >= 0.3 is 0 Å². The molecule has 0 aliphatic carbocycles. The van der Waals surface area contributed by atoms with Gasteiger partial charge in [-0.25, -0.2) is 0 Å². The number of amides is 2. The number of carbonyl (C=O) groups excluding carboxylic acids is 2. The Kier molecular flexibility index (Phi) is 5.86. The predicted molar refractivity (Wildman–Crippen MR) is 89.2 cm³/mol. The first-order valence-electron chi connectivity index (χ1n) is 7.57. The van der Waals surface area contributed by atoms with Crippen LogP contribution in [-0.2, 0) is 11.2 Å². The summed E-state index contributed by atoms with van der Waals surface area (Å²) in [5.74, 6) is -0.449. The highest BCUT2D eigenvalue weighted by Gasteiger charge is 2.08. The maximum Gasteiger partial charge on any atom is 0.251 e. The number of nitrogens with one attached hydrogen (secondary N) is 2. The lowest BCUT2D eigenvalue weighted by Gasteiger charge is -2.08. The van der Waals surface area contributed by atoms with Crippen LogP contribution < -0.4 is 10.6 Å². The van der Waals surface area contributed by atoms with Crippen molar-refractivity contribution in [1.29, 1.82) is 0 Å². The van der Waals surface area contributed by atoms with Crippen LogP contribution in [0.5, 0.6) is 0 Å². The maximum atomic E-state index is 12.0. The molecule has 0 radical (unpaired) electrons. The zero-order valence-corrected chi connectivity index (χ0v) is 13.4. The average molecular weight is 311 g/mol. The Morgan fingerprint density at radius 1 is 1.04 bits per heavy atom. The van der Waals surface area contributed by atoms with Crippen molar-refractivity contribution in [2.24, 2.45) is 0 Å². The van der Waals surface area contributed by atoms with Gasteiger partial charge < -0.3 is 10.6 Å². The molecule has 0 spiro atoms. The lowest BCUT2D eigenvalue weighted by molar-refractivity contribution is -0.120. The van der Waals surface area contributed by atoms with E-state index in [1.807, 2.05) is 38.1 Å². The molecule has 2 amide bonds. The zero-order chi connectivity index (χ0) is 16.7. The van der Waals surface area contributed by atoms with Crippen LogP contribution in [0.1, 0.15) is 27.2 Å². The highest BCUT2D eigenvalue weighted by Crippen LogP contribution is 2.08. The summed E-state index contributed by atoms with van der Waals surface area (Å²) >= 11 is 0. The molecule has 5 nitrogen and oxygen atoms in total. The van der Waals surface area contributed by atoms with Gasteiger partial charge in [0.1, 0.15) is 0 Å². The van der Waals surface area contributed by atoms with Crippen LogP contribution in [0.2, 0.25) is 0 Å². The van der Waals surface area contributed by atoms with Crippen LogP contribution >= 0.6 is 0 Å². The Morgan fingerprint density at radius 3 is 2.43 bits per heavy atom. The van der Waals surface area contributed by atoms with E-state index in [1.165, 1.54) is 0 Å². The minimum Gasteiger partial charge on any atom is -0.354 e. The Hall–Kier alpha value is -2.69. The van der Waals surface area contributed by atoms with E-state index in [-0.39, 0.29) is 18.4 Å². The van der Waals surface area contributed by atoms with Gasteiger partial charge in [-0.05, 0) is 38.1 Å². The molecular formula is C18H21N3O2. The minimum absolute atomic E-state index is 0.0337. The molecule has 0 atom stereocenters. The molecule has 120 valence electrons. The summed E-state index contributed by atoms with van der Waals surface area (Å²) < 4.78 is 0. The summed E-state index contributed by atoms with van der Waals surface area (Å²) in [7, 11) is 0. The topological polar surface area (TPSA) is 71.1 Å². The summed E-state index contributed by atoms with van der Waals surface area (Å²) in [5.41, 5.74) is 3.54. The van der Waals surface area contributed by atoms with Crippen molar-refractivity contribution in [3.8, 4) is 0 Å². The lowest BCUT2D eigenvalue weighted by atomic mass is 10.1. The Morgan fingerprint density at radius 2 is 1.78 bits per heavy atom. The van der Waals surface area contributed by atoms with Crippen molar-refractivity contribution in [1.82, 2.24) is 15.6 Å². The Balaban J connectivity index is 1.74. The van der Waals surface area contributed by atoms with E-state index in [2.05, 4.69) is 15.6 Å². The summed E-state index contributed by atoms with van der Waals surface area (Å²) in [6.07, 6.45) is 2.39. The normalized spacial score (nSPS) is 10.2. The standard InChI is InChI=1S/C18H21N3O2/c1-13-9-14(2)11-15(10-13)18(23)21-12-17(22)20-8-6-16-5-3-4-7-19-16/h3-5,7,9-11H,6,8,12H2,1-2H3,(H,20,22)(H,21,23). The second-order valence-corrected chi connectivity index (χ2v) is 5.48. The number of hydrogen-bond acceptors (Lipinski definition) is 3. The van der Waals surface area contributed by atoms with Crippen molar-refractivity contribution in [2.45, 2.75) is 20.3 Å². The third-order valence-corrected chi connectivity index (χ3v) is 3.32. The van der Waals surface area contributed by atoms with E-state index in [9.17, 15) is 9.59 Å². The molecule has 0 bridgehead atoms. The van der Waals surface area contributed by atoms with Crippen LogP contribution in [0.25, 0.3) is 0 Å². The van der Waals surface area contributed by atoms with Gasteiger partial charge in [0.2, 0.25) is 5.91 Å². The number of hydrogen-bond donors (Lipinski definition) is 2. The number of rotatable bonds is 6. The van der Waals surface area contributed by atoms with E-state index in [0.717, 1.165) is 16.8 Å². The van der Waals surface area contributed by atoms with Crippen LogP contribution in [0.4, 0.5) is 0 Å². The fourth-order valence-electron chi connectivity index (χ4n) is 2.31. The number of pyridine rings is 1. The van der Waals surface area contributed by atoms with Gasteiger partial charge in [0.15, 0.2) is 0 Å². The van der Waals surface area contributed by atoms with E-state index in [4.69, 9.17) is 0 Å². The molecule has 0 aliphatic rings. The fraction of sp³-hybridized carbons (Fsp3) is 0.278. The lowest BCUT2D eigenvalue weighted by Crippen LogP contribution is -2.37. The van der Waals surface area contributed by atoms with Crippen molar-refractivity contribution >= 4 is 11.8 Å². The highest BCUT2D eigenvalue weighted by molar-refractivity contribution is 5.96. The molecule has 1 heterocycles. The van der Waals surface area contributed by atoms with Crippen LogP contribution in [0.3, 0.4) is 0 Å². The number of benzene rings is 1. The second-order valence-electron chi connectivity index (χ2n) is 5.48. The molecule has 0 aliphatic heterocycles. The molecule has 2 N–H and O–H groups in total.